The van der Waals surface area contributed by atoms with Crippen LogP contribution in [0.25, 0.3) is 11.1 Å². The first-order valence-corrected chi connectivity index (χ1v) is 6.47. The Kier molecular flexibility index (Phi) is 4.12. The molecule has 0 fully saturated rings. The summed E-state index contributed by atoms with van der Waals surface area (Å²) in [5.74, 6) is -2.00. The normalized spacial score (nSPS) is 11.0. The molecule has 1 heterocycles. The van der Waals surface area contributed by atoms with Gasteiger partial charge in [-0.2, -0.15) is 0 Å². The molecule has 0 amide bonds. The predicted octanol–water partition coefficient (Wildman–Crippen LogP) is 3.16. The molecule has 2 rings (SSSR count). The number of Topliss-reactive ketones (excluding diaryl/α,β-unsaturated/α-hetero) is 1. The van der Waals surface area contributed by atoms with Gasteiger partial charge in [-0.3, -0.25) is 9.59 Å². The van der Waals surface area contributed by atoms with E-state index in [1.54, 1.807) is 12.1 Å². The number of hydrogen-bond acceptors (Lipinski definition) is 4. The maximum atomic E-state index is 11.8. The second-order valence-electron chi connectivity index (χ2n) is 4.33. The van der Waals surface area contributed by atoms with Gasteiger partial charge < -0.3 is 10.2 Å². The zero-order valence-electron chi connectivity index (χ0n) is 11.8. The van der Waals surface area contributed by atoms with E-state index in [0.717, 1.165) is 0 Å². The third kappa shape index (κ3) is 3.79. The first-order chi connectivity index (χ1) is 10.4. The van der Waals surface area contributed by atoms with Gasteiger partial charge in [0.25, 0.3) is 0 Å². The van der Waals surface area contributed by atoms with Crippen LogP contribution in [0.2, 0.25) is 5.02 Å². The Morgan fingerprint density at radius 3 is 2.71 bits per heavy atom. The number of carbonyl (C=O) groups is 2. The van der Waals surface area contributed by atoms with E-state index in [4.69, 9.17) is 18.1 Å². The molecule has 0 aliphatic rings. The molecule has 0 saturated carbocycles. The first-order valence-electron chi connectivity index (χ1n) is 6.59. The van der Waals surface area contributed by atoms with Crippen LogP contribution in [0.4, 0.5) is 0 Å². The lowest BCUT2D eigenvalue weighted by atomic mass is 10.1. The second kappa shape index (κ2) is 6.37. The topological polar surface area (TPSA) is 87.5 Å². The fourth-order valence-corrected chi connectivity index (χ4v) is 1.93. The van der Waals surface area contributed by atoms with Gasteiger partial charge in [-0.25, -0.2) is 4.98 Å². The molecule has 0 aliphatic carbocycles. The molecule has 2 aromatic rings. The molecule has 2 N–H and O–H groups in total. The standard InChI is InChI=1S/C15H12ClNO4/c16-11-3-1-2-9(6-11)10-7-13(19)15(17-8-10)12(18)4-5-14(20)21/h1-3,6-8,19H,4-5H2,(H,20,21)/i2D. The second-order valence-corrected chi connectivity index (χ2v) is 4.77. The molecule has 0 spiro atoms. The molecule has 0 saturated heterocycles. The third-order valence-electron chi connectivity index (χ3n) is 2.77. The van der Waals surface area contributed by atoms with E-state index in [-0.39, 0.29) is 30.3 Å². The lowest BCUT2D eigenvalue weighted by Crippen LogP contribution is -2.06. The van der Waals surface area contributed by atoms with Gasteiger partial charge in [0.1, 0.15) is 11.4 Å². The van der Waals surface area contributed by atoms with E-state index in [1.807, 2.05) is 0 Å². The summed E-state index contributed by atoms with van der Waals surface area (Å²) >= 11 is 5.88. The number of nitrogens with zero attached hydrogens (tertiary/aromatic N) is 1. The number of rotatable bonds is 5. The minimum atomic E-state index is -1.10. The van der Waals surface area contributed by atoms with Crippen molar-refractivity contribution in [3.05, 3.63) is 47.2 Å². The minimum Gasteiger partial charge on any atom is -0.506 e. The maximum Gasteiger partial charge on any atom is 0.303 e. The summed E-state index contributed by atoms with van der Waals surface area (Å²) in [5, 5.41) is 18.9. The Morgan fingerprint density at radius 1 is 1.29 bits per heavy atom. The number of aromatic hydroxyl groups is 1. The summed E-state index contributed by atoms with van der Waals surface area (Å²) in [7, 11) is 0. The molecule has 0 atom stereocenters. The highest BCUT2D eigenvalue weighted by Crippen LogP contribution is 2.27. The van der Waals surface area contributed by atoms with Crippen LogP contribution < -0.4 is 0 Å². The van der Waals surface area contributed by atoms with Crippen molar-refractivity contribution in [2.75, 3.05) is 0 Å². The number of pyridine rings is 1. The largest absolute Gasteiger partial charge is 0.506 e. The Morgan fingerprint density at radius 2 is 2.05 bits per heavy atom. The average molecular weight is 307 g/mol. The lowest BCUT2D eigenvalue weighted by molar-refractivity contribution is -0.136. The molecular weight excluding hydrogens is 294 g/mol. The maximum absolute atomic E-state index is 11.8. The molecule has 0 bridgehead atoms. The van der Waals surface area contributed by atoms with Gasteiger partial charge in [0.05, 0.1) is 7.79 Å². The minimum absolute atomic E-state index is 0.182. The number of hydrogen-bond donors (Lipinski definition) is 2. The van der Waals surface area contributed by atoms with Crippen molar-refractivity contribution in [1.29, 1.82) is 0 Å². The summed E-state index contributed by atoms with van der Waals surface area (Å²) in [6, 6.07) is 6.16. The molecule has 0 aliphatic heterocycles. The van der Waals surface area contributed by atoms with Crippen molar-refractivity contribution in [3.63, 3.8) is 0 Å². The zero-order chi connectivity index (χ0) is 16.3. The highest BCUT2D eigenvalue weighted by Gasteiger charge is 2.15. The van der Waals surface area contributed by atoms with E-state index in [9.17, 15) is 14.7 Å². The van der Waals surface area contributed by atoms with Crippen molar-refractivity contribution in [2.24, 2.45) is 0 Å². The molecule has 5 nitrogen and oxygen atoms in total. The quantitative estimate of drug-likeness (QED) is 0.828. The van der Waals surface area contributed by atoms with Crippen LogP contribution in [0.1, 0.15) is 24.7 Å². The smallest absolute Gasteiger partial charge is 0.303 e. The van der Waals surface area contributed by atoms with Crippen molar-refractivity contribution in [3.8, 4) is 16.9 Å². The van der Waals surface area contributed by atoms with Crippen molar-refractivity contribution in [2.45, 2.75) is 12.8 Å². The monoisotopic (exact) mass is 306 g/mol. The van der Waals surface area contributed by atoms with Gasteiger partial charge in [-0.15, -0.1) is 0 Å². The molecule has 21 heavy (non-hydrogen) atoms. The van der Waals surface area contributed by atoms with E-state index < -0.39 is 11.8 Å². The predicted molar refractivity (Wildman–Crippen MR) is 77.5 cm³/mol. The van der Waals surface area contributed by atoms with Crippen molar-refractivity contribution < 1.29 is 21.2 Å². The third-order valence-corrected chi connectivity index (χ3v) is 3.01. The van der Waals surface area contributed by atoms with Crippen LogP contribution in [0.15, 0.2) is 36.5 Å². The number of halogens is 1. The molecule has 108 valence electrons. The van der Waals surface area contributed by atoms with Gasteiger partial charge in [-0.05, 0) is 23.8 Å². The van der Waals surface area contributed by atoms with E-state index in [2.05, 4.69) is 4.98 Å². The average Bonchev–Trinajstić information content (AvgIpc) is 2.47. The highest BCUT2D eigenvalue weighted by atomic mass is 35.5. The molecular formula is C15H12ClNO4. The van der Waals surface area contributed by atoms with Crippen LogP contribution in [0.5, 0.6) is 5.75 Å². The van der Waals surface area contributed by atoms with Crippen molar-refractivity contribution in [1.82, 2.24) is 4.98 Å². The zero-order valence-corrected chi connectivity index (χ0v) is 11.6. The van der Waals surface area contributed by atoms with Crippen LogP contribution in [0.3, 0.4) is 0 Å². The SMILES string of the molecule is [2H]c1ccc(Cl)cc1-c1cnc(C(=O)CCC(=O)O)c(O)c1. The Balaban J connectivity index is 2.32. The fraction of sp³-hybridized carbons (Fsp3) is 0.133. The van der Waals surface area contributed by atoms with Gasteiger partial charge in [0.15, 0.2) is 5.78 Å². The van der Waals surface area contributed by atoms with E-state index in [0.29, 0.717) is 16.1 Å². The molecule has 6 heteroatoms. The van der Waals surface area contributed by atoms with E-state index in [1.165, 1.54) is 18.3 Å². The summed E-state index contributed by atoms with van der Waals surface area (Å²) in [4.78, 5) is 26.1. The summed E-state index contributed by atoms with van der Waals surface area (Å²) in [6.45, 7) is 0. The van der Waals surface area contributed by atoms with Gasteiger partial charge in [-0.1, -0.05) is 23.7 Å². The molecule has 0 radical (unpaired) electrons. The number of carboxylic acid groups (broad SMARTS) is 1. The van der Waals surface area contributed by atoms with Gasteiger partial charge in [0.2, 0.25) is 0 Å². The number of benzene rings is 1. The van der Waals surface area contributed by atoms with E-state index >= 15 is 0 Å². The Bertz CT molecular complexity index is 748. The van der Waals surface area contributed by atoms with Crippen molar-refractivity contribution >= 4 is 23.4 Å². The number of ketones is 1. The number of carbonyl (C=O) groups excluding carboxylic acids is 1. The summed E-state index contributed by atoms with van der Waals surface area (Å²) in [6.07, 6.45) is 0.778. The Labute approximate surface area is 127 Å². The molecule has 0 unspecified atom stereocenters. The lowest BCUT2D eigenvalue weighted by Gasteiger charge is -2.06. The van der Waals surface area contributed by atoms with Crippen LogP contribution in [-0.2, 0) is 4.79 Å². The molecule has 1 aromatic carbocycles. The van der Waals surface area contributed by atoms with Crippen LogP contribution >= 0.6 is 11.6 Å². The number of aromatic nitrogens is 1. The highest BCUT2D eigenvalue weighted by molar-refractivity contribution is 6.30. The van der Waals surface area contributed by atoms with Crippen LogP contribution in [-0.4, -0.2) is 26.9 Å². The van der Waals surface area contributed by atoms with Gasteiger partial charge in [0, 0.05) is 23.2 Å². The van der Waals surface area contributed by atoms with Gasteiger partial charge >= 0.3 is 5.97 Å². The number of aliphatic carboxylic acids is 1. The summed E-state index contributed by atoms with van der Waals surface area (Å²) < 4.78 is 7.83. The summed E-state index contributed by atoms with van der Waals surface area (Å²) in [5.41, 5.74) is 0.734. The van der Waals surface area contributed by atoms with Crippen LogP contribution in [0, 0.1) is 0 Å². The Hall–Kier alpha value is -2.40. The first kappa shape index (κ1) is 13.6. The fourth-order valence-electron chi connectivity index (χ4n) is 1.76. The number of carboxylic acids is 1. The molecule has 1 aromatic heterocycles.